The van der Waals surface area contributed by atoms with Gasteiger partial charge in [-0.1, -0.05) is 13.8 Å². The van der Waals surface area contributed by atoms with Crippen LogP contribution < -0.4 is 0 Å². The van der Waals surface area contributed by atoms with E-state index in [1.54, 1.807) is 13.8 Å². The highest BCUT2D eigenvalue weighted by Crippen LogP contribution is 2.42. The van der Waals surface area contributed by atoms with Crippen LogP contribution >= 0.6 is 0 Å². The van der Waals surface area contributed by atoms with Gasteiger partial charge in [-0.05, 0) is 32.1 Å². The molecular formula is C11H23AlO4. The monoisotopic (exact) mass is 246 g/mol. The van der Waals surface area contributed by atoms with Crippen LogP contribution in [0, 0.1) is 10.8 Å². The summed E-state index contributed by atoms with van der Waals surface area (Å²) in [4.78, 5) is 21.4. The van der Waals surface area contributed by atoms with E-state index in [0.717, 1.165) is 0 Å². The summed E-state index contributed by atoms with van der Waals surface area (Å²) < 4.78 is 0. The molecular weight excluding hydrogens is 223 g/mol. The smallest absolute Gasteiger partial charge is 0.309 e. The predicted octanol–water partition coefficient (Wildman–Crippen LogP) is 1.19. The van der Waals surface area contributed by atoms with Gasteiger partial charge >= 0.3 is 11.9 Å². The number of rotatable bonds is 6. The number of carbonyl (C=O) groups is 2. The minimum Gasteiger partial charge on any atom is -0.481 e. The first-order chi connectivity index (χ1) is 6.61. The van der Waals surface area contributed by atoms with Crippen molar-refractivity contribution in [3.8, 4) is 0 Å². The Bertz CT molecular complexity index is 259. The molecule has 94 valence electrons. The van der Waals surface area contributed by atoms with Crippen LogP contribution in [-0.4, -0.2) is 39.5 Å². The van der Waals surface area contributed by atoms with Crippen molar-refractivity contribution >= 4 is 29.3 Å². The Morgan fingerprint density at radius 2 is 1.50 bits per heavy atom. The lowest BCUT2D eigenvalue weighted by Crippen LogP contribution is -2.39. The van der Waals surface area contributed by atoms with Crippen LogP contribution in [0.15, 0.2) is 0 Å². The van der Waals surface area contributed by atoms with Crippen molar-refractivity contribution in [2.24, 2.45) is 10.8 Å². The van der Waals surface area contributed by atoms with Gasteiger partial charge in [0.25, 0.3) is 0 Å². The maximum atomic E-state index is 11.0. The summed E-state index contributed by atoms with van der Waals surface area (Å²) in [5.41, 5.74) is -1.25. The summed E-state index contributed by atoms with van der Waals surface area (Å²) in [7, 11) is 0. The highest BCUT2D eigenvalue weighted by molar-refractivity contribution is 5.75. The molecule has 0 heterocycles. The summed E-state index contributed by atoms with van der Waals surface area (Å²) in [5, 5.41) is 17.6. The normalized spacial score (nSPS) is 11.8. The van der Waals surface area contributed by atoms with E-state index in [9.17, 15) is 9.59 Å². The fourth-order valence-electron chi connectivity index (χ4n) is 1.28. The van der Waals surface area contributed by atoms with E-state index in [1.807, 2.05) is 13.8 Å². The van der Waals surface area contributed by atoms with E-state index < -0.39 is 22.8 Å². The molecule has 0 bridgehead atoms. The van der Waals surface area contributed by atoms with Gasteiger partial charge < -0.3 is 10.2 Å². The van der Waals surface area contributed by atoms with Gasteiger partial charge in [-0.2, -0.15) is 0 Å². The summed E-state index contributed by atoms with van der Waals surface area (Å²) in [5.74, 6) is -1.68. The van der Waals surface area contributed by atoms with E-state index >= 15 is 0 Å². The van der Waals surface area contributed by atoms with Crippen LogP contribution in [0.25, 0.3) is 0 Å². The molecule has 5 heteroatoms. The van der Waals surface area contributed by atoms with Crippen LogP contribution in [-0.2, 0) is 9.59 Å². The molecule has 0 aromatic heterocycles. The standard InChI is InChI=1S/C11H20O4.Al.3H/c1-10(2,7-5-6-8(12)13)11(3,4)9(14)15;;;;/h5-7H2,1-4H3,(H,12,13)(H,14,15);;;;. The minimum atomic E-state index is -0.845. The van der Waals surface area contributed by atoms with E-state index in [1.165, 1.54) is 0 Å². The molecule has 2 N–H and O–H groups in total. The summed E-state index contributed by atoms with van der Waals surface area (Å²) in [6.07, 6.45) is 1.21. The third-order valence-corrected chi connectivity index (χ3v) is 3.42. The molecule has 0 unspecified atom stereocenters. The molecule has 4 nitrogen and oxygen atoms in total. The van der Waals surface area contributed by atoms with E-state index in [4.69, 9.17) is 10.2 Å². The van der Waals surface area contributed by atoms with Gasteiger partial charge in [0.2, 0.25) is 0 Å². The van der Waals surface area contributed by atoms with Crippen LogP contribution in [0.5, 0.6) is 0 Å². The number of hydrogen-bond donors (Lipinski definition) is 2. The number of aliphatic carboxylic acids is 2. The topological polar surface area (TPSA) is 74.6 Å². The van der Waals surface area contributed by atoms with Crippen molar-refractivity contribution in [2.75, 3.05) is 0 Å². The van der Waals surface area contributed by atoms with Crippen LogP contribution in [0.2, 0.25) is 0 Å². The van der Waals surface area contributed by atoms with Crippen molar-refractivity contribution in [3.63, 3.8) is 0 Å². The molecule has 0 aliphatic rings. The lowest BCUT2D eigenvalue weighted by Gasteiger charge is -2.38. The molecule has 0 fully saturated rings. The zero-order valence-electron chi connectivity index (χ0n) is 9.83. The number of carboxylic acids is 2. The Hall–Kier alpha value is -0.528. The highest BCUT2D eigenvalue weighted by Gasteiger charge is 2.42. The second-order valence-corrected chi connectivity index (χ2v) is 5.06. The molecule has 16 heavy (non-hydrogen) atoms. The highest BCUT2D eigenvalue weighted by atomic mass is 27.0. The zero-order valence-corrected chi connectivity index (χ0v) is 9.83. The van der Waals surface area contributed by atoms with Crippen molar-refractivity contribution < 1.29 is 19.8 Å². The lowest BCUT2D eigenvalue weighted by molar-refractivity contribution is -0.154. The van der Waals surface area contributed by atoms with Crippen molar-refractivity contribution in [1.82, 2.24) is 0 Å². The molecule has 0 aromatic carbocycles. The third-order valence-electron chi connectivity index (χ3n) is 3.42. The molecule has 0 spiro atoms. The largest absolute Gasteiger partial charge is 0.481 e. The summed E-state index contributed by atoms with van der Waals surface area (Å²) in [6.45, 7) is 7.08. The van der Waals surface area contributed by atoms with E-state index in [0.29, 0.717) is 12.8 Å². The summed E-state index contributed by atoms with van der Waals surface area (Å²) >= 11 is 0. The SMILES string of the molecule is CC(C)(CCCC(=O)O)C(C)(C)C(=O)O.[AlH3]. The Balaban J connectivity index is 0. The van der Waals surface area contributed by atoms with E-state index in [2.05, 4.69) is 0 Å². The number of hydrogen-bond acceptors (Lipinski definition) is 2. The zero-order chi connectivity index (χ0) is 12.3. The first-order valence-corrected chi connectivity index (χ1v) is 5.06. The average molecular weight is 246 g/mol. The van der Waals surface area contributed by atoms with Gasteiger partial charge in [-0.15, -0.1) is 0 Å². The Labute approximate surface area is 107 Å². The van der Waals surface area contributed by atoms with Gasteiger partial charge in [-0.3, -0.25) is 9.59 Å². The van der Waals surface area contributed by atoms with Crippen LogP contribution in [0.4, 0.5) is 0 Å². The molecule has 0 aliphatic heterocycles. The molecule has 0 amide bonds. The second kappa shape index (κ2) is 6.27. The van der Waals surface area contributed by atoms with Crippen LogP contribution in [0.3, 0.4) is 0 Å². The minimum absolute atomic E-state index is 0. The van der Waals surface area contributed by atoms with Gasteiger partial charge in [0.15, 0.2) is 17.4 Å². The van der Waals surface area contributed by atoms with Crippen molar-refractivity contribution in [2.45, 2.75) is 47.0 Å². The molecule has 0 aliphatic carbocycles. The van der Waals surface area contributed by atoms with Gasteiger partial charge in [-0.25, -0.2) is 0 Å². The maximum absolute atomic E-state index is 11.0. The Morgan fingerprint density at radius 3 is 1.81 bits per heavy atom. The first kappa shape index (κ1) is 17.9. The average Bonchev–Trinajstić information content (AvgIpc) is 2.02. The molecule has 0 radical (unpaired) electrons. The van der Waals surface area contributed by atoms with Crippen LogP contribution in [0.1, 0.15) is 47.0 Å². The maximum Gasteiger partial charge on any atom is 0.309 e. The molecule has 0 saturated heterocycles. The van der Waals surface area contributed by atoms with Gasteiger partial charge in [0.1, 0.15) is 0 Å². The van der Waals surface area contributed by atoms with Crippen molar-refractivity contribution in [3.05, 3.63) is 0 Å². The molecule has 0 aromatic rings. The van der Waals surface area contributed by atoms with Gasteiger partial charge in [0.05, 0.1) is 5.41 Å². The second-order valence-electron chi connectivity index (χ2n) is 5.06. The Kier molecular flexibility index (Phi) is 6.99. The third kappa shape index (κ3) is 4.55. The molecule has 0 saturated carbocycles. The molecule has 0 rings (SSSR count). The Morgan fingerprint density at radius 1 is 1.06 bits per heavy atom. The van der Waals surface area contributed by atoms with E-state index in [-0.39, 0.29) is 23.8 Å². The van der Waals surface area contributed by atoms with Crippen molar-refractivity contribution in [1.29, 1.82) is 0 Å². The quantitative estimate of drug-likeness (QED) is 0.690. The fraction of sp³-hybridized carbons (Fsp3) is 0.818. The summed E-state index contributed by atoms with van der Waals surface area (Å²) in [6, 6.07) is 0. The van der Waals surface area contributed by atoms with Gasteiger partial charge in [0, 0.05) is 6.42 Å². The lowest BCUT2D eigenvalue weighted by atomic mass is 9.65. The predicted molar refractivity (Wildman–Crippen MR) is 66.6 cm³/mol. The molecule has 0 atom stereocenters. The number of carboxylic acid groups (broad SMARTS) is 2. The first-order valence-electron chi connectivity index (χ1n) is 5.06. The fourth-order valence-corrected chi connectivity index (χ4v) is 1.28.